The maximum absolute atomic E-state index is 13.0. The molecular weight excluding hydrogens is 374 g/mol. The van der Waals surface area contributed by atoms with Crippen LogP contribution in [0, 0.1) is 35.3 Å². The lowest BCUT2D eigenvalue weighted by atomic mass is 10.0. The van der Waals surface area contributed by atoms with E-state index in [2.05, 4.69) is 0 Å². The first-order valence-electron chi connectivity index (χ1n) is 9.02. The van der Waals surface area contributed by atoms with Crippen molar-refractivity contribution in [2.24, 2.45) is 0 Å². The third-order valence-electron chi connectivity index (χ3n) is 4.66. The second-order valence-corrected chi connectivity index (χ2v) is 6.46. The van der Waals surface area contributed by atoms with Gasteiger partial charge in [-0.15, -0.1) is 0 Å². The van der Waals surface area contributed by atoms with Gasteiger partial charge in [-0.05, 0) is 38.5 Å². The molecule has 1 aromatic heterocycles. The van der Waals surface area contributed by atoms with Crippen molar-refractivity contribution in [2.45, 2.75) is 33.7 Å². The fraction of sp³-hybridized carbons (Fsp3) is 0.333. The molecule has 0 spiro atoms. The van der Waals surface area contributed by atoms with Gasteiger partial charge in [0, 0.05) is 23.5 Å². The topological polar surface area (TPSA) is 107 Å². The largest absolute Gasteiger partial charge is 0.493 e. The number of ether oxygens (including phenoxy) is 2. The van der Waals surface area contributed by atoms with Crippen LogP contribution in [0.5, 0.6) is 11.5 Å². The Bertz CT molecular complexity index is 1030. The van der Waals surface area contributed by atoms with E-state index in [1.54, 1.807) is 6.07 Å². The third-order valence-corrected chi connectivity index (χ3v) is 4.66. The average molecular weight is 397 g/mol. The Hall–Kier alpha value is -3.60. The van der Waals surface area contributed by atoms with Crippen molar-refractivity contribution in [3.8, 4) is 17.6 Å². The maximum Gasteiger partial charge on any atom is 0.280 e. The Kier molecular flexibility index (Phi) is 6.78. The van der Waals surface area contributed by atoms with Gasteiger partial charge in [0.2, 0.25) is 5.78 Å². The number of allylic oxidation sites excluding steroid dienone is 1. The number of Topliss-reactive ketones (excluding diaryl/α,β-unsaturated/α-hetero) is 1. The number of benzene rings is 1. The van der Waals surface area contributed by atoms with E-state index in [9.17, 15) is 20.2 Å². The number of aromatic nitrogens is 1. The summed E-state index contributed by atoms with van der Waals surface area (Å²) >= 11 is 0. The van der Waals surface area contributed by atoms with Crippen LogP contribution < -0.4 is 9.47 Å². The summed E-state index contributed by atoms with van der Waals surface area (Å²) in [5.74, 6) is -0.0356. The molecule has 0 aliphatic rings. The number of rotatable bonds is 8. The van der Waals surface area contributed by atoms with Crippen LogP contribution in [0.4, 0.5) is 5.69 Å². The zero-order valence-corrected chi connectivity index (χ0v) is 17.1. The van der Waals surface area contributed by atoms with Gasteiger partial charge in [-0.1, -0.05) is 6.92 Å². The molecule has 0 amide bonds. The van der Waals surface area contributed by atoms with E-state index >= 15 is 0 Å². The number of carbonyl (C=O) groups is 1. The molecule has 8 heteroatoms. The summed E-state index contributed by atoms with van der Waals surface area (Å²) in [6, 6.07) is 6.20. The van der Waals surface area contributed by atoms with Gasteiger partial charge in [-0.2, -0.15) is 5.26 Å². The molecule has 152 valence electrons. The molecule has 0 aliphatic heterocycles. The summed E-state index contributed by atoms with van der Waals surface area (Å²) in [7, 11) is 2.77. The first kappa shape index (κ1) is 21.7. The van der Waals surface area contributed by atoms with E-state index in [-0.39, 0.29) is 28.3 Å². The Morgan fingerprint density at radius 2 is 1.86 bits per heavy atom. The van der Waals surface area contributed by atoms with Crippen LogP contribution in [0.25, 0.3) is 6.08 Å². The minimum absolute atomic E-state index is 0.0833. The van der Waals surface area contributed by atoms with Crippen molar-refractivity contribution in [3.05, 3.63) is 56.4 Å². The predicted molar refractivity (Wildman–Crippen MR) is 108 cm³/mol. The first-order chi connectivity index (χ1) is 13.8. The molecule has 1 heterocycles. The van der Waals surface area contributed by atoms with E-state index < -0.39 is 10.7 Å². The normalized spacial score (nSPS) is 11.1. The number of nitro groups is 1. The Balaban J connectivity index is 2.60. The summed E-state index contributed by atoms with van der Waals surface area (Å²) in [6.45, 7) is 6.52. The van der Waals surface area contributed by atoms with Crippen LogP contribution >= 0.6 is 0 Å². The second-order valence-electron chi connectivity index (χ2n) is 6.46. The lowest BCUT2D eigenvalue weighted by Crippen LogP contribution is -2.06. The highest BCUT2D eigenvalue weighted by Crippen LogP contribution is 2.35. The number of aryl methyl sites for hydroxylation is 1. The Labute approximate surface area is 169 Å². The number of nitrogens with zero attached hydrogens (tertiary/aromatic N) is 3. The number of nitriles is 1. The molecule has 1 aromatic carbocycles. The van der Waals surface area contributed by atoms with Crippen molar-refractivity contribution >= 4 is 17.5 Å². The monoisotopic (exact) mass is 397 g/mol. The smallest absolute Gasteiger partial charge is 0.280 e. The summed E-state index contributed by atoms with van der Waals surface area (Å²) in [4.78, 5) is 23.9. The summed E-state index contributed by atoms with van der Waals surface area (Å²) in [5, 5.41) is 21.1. The molecule has 29 heavy (non-hydrogen) atoms. The van der Waals surface area contributed by atoms with Gasteiger partial charge in [0.05, 0.1) is 30.8 Å². The van der Waals surface area contributed by atoms with Crippen LogP contribution in [0.2, 0.25) is 0 Å². The van der Waals surface area contributed by atoms with Gasteiger partial charge in [0.1, 0.15) is 11.6 Å². The van der Waals surface area contributed by atoms with Gasteiger partial charge in [0.25, 0.3) is 5.69 Å². The van der Waals surface area contributed by atoms with Gasteiger partial charge in [-0.25, -0.2) is 0 Å². The van der Waals surface area contributed by atoms with Gasteiger partial charge < -0.3 is 14.0 Å². The Morgan fingerprint density at radius 1 is 1.24 bits per heavy atom. The number of carbonyl (C=O) groups excluding carboxylic acids is 1. The van der Waals surface area contributed by atoms with Gasteiger partial charge >= 0.3 is 0 Å². The molecule has 0 bridgehead atoms. The predicted octanol–water partition coefficient (Wildman–Crippen LogP) is 4.23. The van der Waals surface area contributed by atoms with E-state index in [0.717, 1.165) is 24.4 Å². The lowest BCUT2D eigenvalue weighted by Gasteiger charge is -2.09. The van der Waals surface area contributed by atoms with E-state index in [0.29, 0.717) is 5.56 Å². The SMILES string of the molecule is CCCn1c(C)cc(C(=O)/C(C#N)=C/c2cc(OC)c(OC)cc2[N+](=O)[O-])c1C. The second kappa shape index (κ2) is 9.06. The van der Waals surface area contributed by atoms with E-state index in [1.807, 2.05) is 31.4 Å². The Morgan fingerprint density at radius 3 is 2.38 bits per heavy atom. The lowest BCUT2D eigenvalue weighted by molar-refractivity contribution is -0.385. The van der Waals surface area contributed by atoms with Gasteiger partial charge in [-0.3, -0.25) is 14.9 Å². The highest BCUT2D eigenvalue weighted by atomic mass is 16.6. The molecular formula is C21H23N3O5. The minimum Gasteiger partial charge on any atom is -0.493 e. The fourth-order valence-electron chi connectivity index (χ4n) is 3.21. The highest BCUT2D eigenvalue weighted by molar-refractivity contribution is 6.15. The van der Waals surface area contributed by atoms with Crippen molar-refractivity contribution in [2.75, 3.05) is 14.2 Å². The molecule has 2 rings (SSSR count). The molecule has 0 radical (unpaired) electrons. The van der Waals surface area contributed by atoms with Crippen molar-refractivity contribution < 1.29 is 19.2 Å². The van der Waals surface area contributed by atoms with Gasteiger partial charge in [0.15, 0.2) is 11.5 Å². The molecule has 0 unspecified atom stereocenters. The molecule has 0 fully saturated rings. The number of ketones is 1. The summed E-state index contributed by atoms with van der Waals surface area (Å²) in [6.07, 6.45) is 2.12. The molecule has 8 nitrogen and oxygen atoms in total. The zero-order valence-electron chi connectivity index (χ0n) is 17.1. The highest BCUT2D eigenvalue weighted by Gasteiger charge is 2.23. The molecule has 0 saturated heterocycles. The van der Waals surface area contributed by atoms with E-state index in [1.165, 1.54) is 32.4 Å². The van der Waals surface area contributed by atoms with Crippen molar-refractivity contribution in [1.29, 1.82) is 5.26 Å². The third kappa shape index (κ3) is 4.29. The van der Waals surface area contributed by atoms with Crippen molar-refractivity contribution in [3.63, 3.8) is 0 Å². The van der Waals surface area contributed by atoms with Crippen LogP contribution in [0.3, 0.4) is 0 Å². The fourth-order valence-corrected chi connectivity index (χ4v) is 3.21. The van der Waals surface area contributed by atoms with Crippen LogP contribution in [0.1, 0.15) is 40.7 Å². The molecule has 0 N–H and O–H groups in total. The molecule has 2 aromatic rings. The molecule has 0 atom stereocenters. The molecule has 0 saturated carbocycles. The van der Waals surface area contributed by atoms with Crippen LogP contribution in [-0.2, 0) is 6.54 Å². The maximum atomic E-state index is 13.0. The van der Waals surface area contributed by atoms with Crippen molar-refractivity contribution in [1.82, 2.24) is 4.57 Å². The quantitative estimate of drug-likeness (QED) is 0.217. The molecule has 0 aliphatic carbocycles. The number of nitro benzene ring substituents is 1. The minimum atomic E-state index is -0.597. The summed E-state index contributed by atoms with van der Waals surface area (Å²) in [5.41, 5.74) is 1.68. The zero-order chi connectivity index (χ0) is 21.7. The van der Waals surface area contributed by atoms with Crippen LogP contribution in [0.15, 0.2) is 23.8 Å². The van der Waals surface area contributed by atoms with E-state index in [4.69, 9.17) is 9.47 Å². The standard InChI is InChI=1S/C21H23N3O5/c1-6-7-23-13(2)8-17(14(23)3)21(25)16(12-22)9-15-10-19(28-4)20(29-5)11-18(15)24(26)27/h8-11H,6-7H2,1-5H3/b16-9+. The summed E-state index contributed by atoms with van der Waals surface area (Å²) < 4.78 is 12.3. The number of hydrogen-bond acceptors (Lipinski definition) is 6. The first-order valence-corrected chi connectivity index (χ1v) is 9.02. The van der Waals surface area contributed by atoms with Crippen LogP contribution in [-0.4, -0.2) is 29.5 Å². The number of hydrogen-bond donors (Lipinski definition) is 0. The number of methoxy groups -OCH3 is 2. The average Bonchev–Trinajstić information content (AvgIpc) is 2.99.